The molecule has 0 aliphatic carbocycles. The Balaban J connectivity index is 1.79. The Bertz CT molecular complexity index is 971. The molecule has 0 unspecified atom stereocenters. The first-order chi connectivity index (χ1) is 13.9. The highest BCUT2D eigenvalue weighted by Gasteiger charge is 2.20. The average molecular weight is 393 g/mol. The minimum Gasteiger partial charge on any atom is -0.348 e. The highest BCUT2D eigenvalue weighted by molar-refractivity contribution is 5.95. The van der Waals surface area contributed by atoms with Crippen molar-refractivity contribution in [3.8, 4) is 5.95 Å². The first-order valence-corrected chi connectivity index (χ1v) is 9.80. The first-order valence-electron chi connectivity index (χ1n) is 9.80. The molecule has 3 rings (SSSR count). The standard InChI is InChI=1S/C22H28N6O/c1-14(2)20-19(13-28(27-20)22-25-15(3)10-16(4)26-22)21(29)24-12-18-8-6-17(7-9-18)11-23-5/h6-10,13-14,23H,11-12H2,1-5H3,(H,24,29). The van der Waals surface area contributed by atoms with E-state index in [-0.39, 0.29) is 11.8 Å². The fourth-order valence-corrected chi connectivity index (χ4v) is 3.16. The Hall–Kier alpha value is -3.06. The fourth-order valence-electron chi connectivity index (χ4n) is 3.16. The molecule has 2 N–H and O–H groups in total. The summed E-state index contributed by atoms with van der Waals surface area (Å²) in [6.45, 7) is 9.16. The molecule has 1 aromatic carbocycles. The predicted octanol–water partition coefficient (Wildman–Crippen LogP) is 3.05. The van der Waals surface area contributed by atoms with E-state index in [2.05, 4.69) is 37.8 Å². The van der Waals surface area contributed by atoms with Gasteiger partial charge in [-0.2, -0.15) is 5.10 Å². The number of carbonyl (C=O) groups excluding carboxylic acids is 1. The SMILES string of the molecule is CNCc1ccc(CNC(=O)c2cn(-c3nc(C)cc(C)n3)nc2C(C)C)cc1. The van der Waals surface area contributed by atoms with Crippen LogP contribution in [-0.2, 0) is 13.1 Å². The molecule has 2 aromatic heterocycles. The Morgan fingerprint density at radius 3 is 2.17 bits per heavy atom. The Morgan fingerprint density at radius 2 is 1.62 bits per heavy atom. The van der Waals surface area contributed by atoms with Gasteiger partial charge in [-0.15, -0.1) is 0 Å². The minimum atomic E-state index is -0.149. The third kappa shape index (κ3) is 5.06. The van der Waals surface area contributed by atoms with Crippen LogP contribution in [0.5, 0.6) is 0 Å². The van der Waals surface area contributed by atoms with Crippen molar-refractivity contribution in [2.45, 2.75) is 46.7 Å². The summed E-state index contributed by atoms with van der Waals surface area (Å²) in [6.07, 6.45) is 1.72. The first kappa shape index (κ1) is 20.7. The molecular weight excluding hydrogens is 364 g/mol. The van der Waals surface area contributed by atoms with Crippen molar-refractivity contribution in [3.05, 3.63) is 70.3 Å². The van der Waals surface area contributed by atoms with Crippen molar-refractivity contribution < 1.29 is 4.79 Å². The highest BCUT2D eigenvalue weighted by Crippen LogP contribution is 2.19. The lowest BCUT2D eigenvalue weighted by atomic mass is 10.1. The molecule has 29 heavy (non-hydrogen) atoms. The van der Waals surface area contributed by atoms with Crippen molar-refractivity contribution in [3.63, 3.8) is 0 Å². The maximum atomic E-state index is 12.9. The van der Waals surface area contributed by atoms with Crippen LogP contribution in [0.4, 0.5) is 0 Å². The smallest absolute Gasteiger partial charge is 0.255 e. The number of hydrogen-bond donors (Lipinski definition) is 2. The van der Waals surface area contributed by atoms with Gasteiger partial charge < -0.3 is 10.6 Å². The Morgan fingerprint density at radius 1 is 1.03 bits per heavy atom. The third-order valence-corrected chi connectivity index (χ3v) is 4.57. The van der Waals surface area contributed by atoms with Crippen molar-refractivity contribution in [2.75, 3.05) is 7.05 Å². The van der Waals surface area contributed by atoms with Crippen molar-refractivity contribution in [1.29, 1.82) is 0 Å². The van der Waals surface area contributed by atoms with Crippen LogP contribution in [0.3, 0.4) is 0 Å². The average Bonchev–Trinajstić information content (AvgIpc) is 3.13. The van der Waals surface area contributed by atoms with Gasteiger partial charge in [-0.25, -0.2) is 14.6 Å². The van der Waals surface area contributed by atoms with E-state index < -0.39 is 0 Å². The van der Waals surface area contributed by atoms with Gasteiger partial charge in [0.2, 0.25) is 0 Å². The van der Waals surface area contributed by atoms with E-state index >= 15 is 0 Å². The molecular formula is C22H28N6O. The van der Waals surface area contributed by atoms with Gasteiger partial charge in [-0.05, 0) is 44.0 Å². The summed E-state index contributed by atoms with van der Waals surface area (Å²) in [5.41, 5.74) is 5.27. The number of amides is 1. The van der Waals surface area contributed by atoms with Gasteiger partial charge in [0.05, 0.1) is 11.3 Å². The van der Waals surface area contributed by atoms with E-state index in [1.54, 1.807) is 10.9 Å². The maximum absolute atomic E-state index is 12.9. The second kappa shape index (κ2) is 8.96. The summed E-state index contributed by atoms with van der Waals surface area (Å²) < 4.78 is 1.59. The van der Waals surface area contributed by atoms with Crippen molar-refractivity contribution in [1.82, 2.24) is 30.4 Å². The molecule has 1 amide bonds. The van der Waals surface area contributed by atoms with Crippen LogP contribution in [0.15, 0.2) is 36.5 Å². The van der Waals surface area contributed by atoms with Gasteiger partial charge in [0.25, 0.3) is 11.9 Å². The van der Waals surface area contributed by atoms with Crippen LogP contribution in [0.1, 0.15) is 58.3 Å². The molecule has 0 aliphatic rings. The van der Waals surface area contributed by atoms with E-state index in [4.69, 9.17) is 0 Å². The Kier molecular flexibility index (Phi) is 6.39. The molecule has 0 saturated carbocycles. The van der Waals surface area contributed by atoms with E-state index in [0.717, 1.165) is 29.2 Å². The lowest BCUT2D eigenvalue weighted by Gasteiger charge is -2.08. The fraction of sp³-hybridized carbons (Fsp3) is 0.364. The number of rotatable bonds is 7. The molecule has 3 aromatic rings. The zero-order valence-electron chi connectivity index (χ0n) is 17.7. The zero-order valence-corrected chi connectivity index (χ0v) is 17.7. The number of carbonyl (C=O) groups is 1. The van der Waals surface area contributed by atoms with Gasteiger partial charge in [0.15, 0.2) is 0 Å². The molecule has 0 bridgehead atoms. The lowest BCUT2D eigenvalue weighted by Crippen LogP contribution is -2.23. The molecule has 152 valence electrons. The molecule has 7 heteroatoms. The van der Waals surface area contributed by atoms with Crippen LogP contribution in [0.2, 0.25) is 0 Å². The monoisotopic (exact) mass is 392 g/mol. The van der Waals surface area contributed by atoms with E-state index in [0.29, 0.717) is 18.1 Å². The Labute approximate surface area is 171 Å². The second-order valence-corrected chi connectivity index (χ2v) is 7.51. The summed E-state index contributed by atoms with van der Waals surface area (Å²) in [6, 6.07) is 10.1. The zero-order chi connectivity index (χ0) is 21.0. The minimum absolute atomic E-state index is 0.101. The normalized spacial score (nSPS) is 11.1. The van der Waals surface area contributed by atoms with Gasteiger partial charge in [0.1, 0.15) is 0 Å². The topological polar surface area (TPSA) is 84.7 Å². The van der Waals surface area contributed by atoms with Gasteiger partial charge >= 0.3 is 0 Å². The molecule has 0 spiro atoms. The summed E-state index contributed by atoms with van der Waals surface area (Å²) in [7, 11) is 1.92. The summed E-state index contributed by atoms with van der Waals surface area (Å²) in [5.74, 6) is 0.427. The van der Waals surface area contributed by atoms with Gasteiger partial charge in [-0.1, -0.05) is 38.1 Å². The quantitative estimate of drug-likeness (QED) is 0.646. The van der Waals surface area contributed by atoms with Crippen LogP contribution in [-0.4, -0.2) is 32.7 Å². The molecule has 0 fully saturated rings. The largest absolute Gasteiger partial charge is 0.348 e. The number of nitrogens with zero attached hydrogens (tertiary/aromatic N) is 4. The van der Waals surface area contributed by atoms with E-state index in [1.165, 1.54) is 5.56 Å². The van der Waals surface area contributed by atoms with Crippen LogP contribution < -0.4 is 10.6 Å². The van der Waals surface area contributed by atoms with E-state index in [9.17, 15) is 4.79 Å². The number of hydrogen-bond acceptors (Lipinski definition) is 5. The number of aromatic nitrogens is 4. The lowest BCUT2D eigenvalue weighted by molar-refractivity contribution is 0.0949. The number of aryl methyl sites for hydroxylation is 2. The highest BCUT2D eigenvalue weighted by atomic mass is 16.1. The maximum Gasteiger partial charge on any atom is 0.255 e. The molecule has 7 nitrogen and oxygen atoms in total. The second-order valence-electron chi connectivity index (χ2n) is 7.51. The van der Waals surface area contributed by atoms with Crippen LogP contribution in [0, 0.1) is 13.8 Å². The molecule has 2 heterocycles. The van der Waals surface area contributed by atoms with Gasteiger partial charge in [0, 0.05) is 30.7 Å². The molecule has 0 aliphatic heterocycles. The van der Waals surface area contributed by atoms with Crippen molar-refractivity contribution in [2.24, 2.45) is 0 Å². The molecule has 0 saturated heterocycles. The number of nitrogens with one attached hydrogen (secondary N) is 2. The summed E-state index contributed by atoms with van der Waals surface area (Å²) >= 11 is 0. The molecule has 0 atom stereocenters. The van der Waals surface area contributed by atoms with Crippen LogP contribution in [0.25, 0.3) is 5.95 Å². The van der Waals surface area contributed by atoms with Gasteiger partial charge in [-0.3, -0.25) is 4.79 Å². The van der Waals surface area contributed by atoms with Crippen LogP contribution >= 0.6 is 0 Å². The third-order valence-electron chi connectivity index (χ3n) is 4.57. The summed E-state index contributed by atoms with van der Waals surface area (Å²) in [4.78, 5) is 21.8. The van der Waals surface area contributed by atoms with E-state index in [1.807, 2.05) is 52.9 Å². The summed E-state index contributed by atoms with van der Waals surface area (Å²) in [5, 5.41) is 10.7. The molecule has 0 radical (unpaired) electrons. The number of benzene rings is 1. The predicted molar refractivity (Wildman–Crippen MR) is 113 cm³/mol. The van der Waals surface area contributed by atoms with Crippen molar-refractivity contribution >= 4 is 5.91 Å².